The minimum Gasteiger partial charge on any atom is -0.376 e. The molecule has 0 aromatic heterocycles. The molecule has 1 aliphatic heterocycles. The van der Waals surface area contributed by atoms with Gasteiger partial charge < -0.3 is 15.0 Å². The lowest BCUT2D eigenvalue weighted by molar-refractivity contribution is -0.143. The van der Waals surface area contributed by atoms with Crippen LogP contribution in [-0.2, 0) is 17.1 Å². The molecule has 1 aromatic carbocycles. The summed E-state index contributed by atoms with van der Waals surface area (Å²) in [5, 5.41) is 10.8. The number of carbonyl (C=O) groups is 1. The van der Waals surface area contributed by atoms with Crippen molar-refractivity contribution in [1.82, 2.24) is 4.90 Å². The van der Waals surface area contributed by atoms with Gasteiger partial charge in [0.05, 0.1) is 29.7 Å². The Bertz CT molecular complexity index is 704. The Labute approximate surface area is 156 Å². The first-order valence-electron chi connectivity index (χ1n) is 8.34. The van der Waals surface area contributed by atoms with E-state index < -0.39 is 35.2 Å². The number of nitrogens with zero attached hydrogens (tertiary/aromatic N) is 2. The van der Waals surface area contributed by atoms with Crippen molar-refractivity contribution in [2.45, 2.75) is 37.7 Å². The topological polar surface area (TPSA) is 65.4 Å². The lowest BCUT2D eigenvalue weighted by Gasteiger charge is -2.25. The molecule has 0 aliphatic carbocycles. The van der Waals surface area contributed by atoms with E-state index in [-0.39, 0.29) is 31.7 Å². The second kappa shape index (κ2) is 8.68. The van der Waals surface area contributed by atoms with E-state index in [9.17, 15) is 31.1 Å². The molecule has 1 heterocycles. The van der Waals surface area contributed by atoms with Crippen molar-refractivity contribution in [1.29, 1.82) is 5.26 Å². The zero-order valence-corrected chi connectivity index (χ0v) is 14.5. The molecule has 0 radical (unpaired) electrons. The molecule has 0 saturated carbocycles. The molecule has 0 spiro atoms. The Hall–Kier alpha value is -2.48. The molecule has 1 aliphatic rings. The van der Waals surface area contributed by atoms with Gasteiger partial charge in [0.15, 0.2) is 0 Å². The van der Waals surface area contributed by atoms with Crippen molar-refractivity contribution in [2.24, 2.45) is 0 Å². The minimum atomic E-state index is -5.01. The van der Waals surface area contributed by atoms with Crippen molar-refractivity contribution < 1.29 is 35.9 Å². The van der Waals surface area contributed by atoms with Gasteiger partial charge in [0.1, 0.15) is 0 Å². The lowest BCUT2D eigenvalue weighted by atomic mass is 10.1. The monoisotopic (exact) mass is 409 g/mol. The van der Waals surface area contributed by atoms with Crippen molar-refractivity contribution in [2.75, 3.05) is 25.0 Å². The van der Waals surface area contributed by atoms with Gasteiger partial charge in [0, 0.05) is 25.4 Å². The first-order valence-corrected chi connectivity index (χ1v) is 8.34. The number of carbonyl (C=O) groups excluding carboxylic acids is 1. The van der Waals surface area contributed by atoms with Crippen LogP contribution in [0.1, 0.15) is 30.4 Å². The van der Waals surface area contributed by atoms with Gasteiger partial charge in [-0.15, -0.1) is 0 Å². The van der Waals surface area contributed by atoms with Gasteiger partial charge in [-0.1, -0.05) is 0 Å². The number of halogens is 6. The maximum absolute atomic E-state index is 12.9. The van der Waals surface area contributed by atoms with Crippen LogP contribution in [0.4, 0.5) is 36.8 Å². The van der Waals surface area contributed by atoms with Gasteiger partial charge in [-0.2, -0.15) is 31.6 Å². The molecule has 2 rings (SSSR count). The molecule has 1 saturated heterocycles. The van der Waals surface area contributed by atoms with Crippen LogP contribution in [0.3, 0.4) is 0 Å². The van der Waals surface area contributed by atoms with E-state index in [4.69, 9.17) is 10.00 Å². The number of benzene rings is 1. The van der Waals surface area contributed by atoms with E-state index in [1.54, 1.807) is 0 Å². The van der Waals surface area contributed by atoms with Gasteiger partial charge in [0.2, 0.25) is 0 Å². The highest BCUT2D eigenvalue weighted by atomic mass is 19.4. The quantitative estimate of drug-likeness (QED) is 0.720. The summed E-state index contributed by atoms with van der Waals surface area (Å²) in [4.78, 5) is 13.6. The Morgan fingerprint density at radius 1 is 1.18 bits per heavy atom. The number of rotatable bonds is 5. The summed E-state index contributed by atoms with van der Waals surface area (Å²) >= 11 is 0. The summed E-state index contributed by atoms with van der Waals surface area (Å²) in [5.74, 6) is 0. The van der Waals surface area contributed by atoms with Crippen molar-refractivity contribution >= 4 is 11.7 Å². The highest BCUT2D eigenvalue weighted by Gasteiger charge is 2.37. The molecular weight excluding hydrogens is 392 g/mol. The van der Waals surface area contributed by atoms with E-state index >= 15 is 0 Å². The standard InChI is InChI=1S/C17H17F6N3O2/c18-16(19,20)11-7-12(17(21,22)23)9-13(8-11)25-15(27)26(5-2-4-24)10-14-3-1-6-28-14/h7-9,14H,1-3,5-6,10H2,(H,25,27). The Kier molecular flexibility index (Phi) is 6.77. The Morgan fingerprint density at radius 3 is 2.25 bits per heavy atom. The Morgan fingerprint density at radius 2 is 1.79 bits per heavy atom. The average Bonchev–Trinajstić information content (AvgIpc) is 3.09. The number of anilines is 1. The van der Waals surface area contributed by atoms with Crippen LogP contribution in [0.2, 0.25) is 0 Å². The first-order chi connectivity index (χ1) is 13.0. The van der Waals surface area contributed by atoms with Crippen LogP contribution in [0.25, 0.3) is 0 Å². The summed E-state index contributed by atoms with van der Waals surface area (Å²) < 4.78 is 82.9. The van der Waals surface area contributed by atoms with Gasteiger partial charge in [-0.05, 0) is 31.0 Å². The average molecular weight is 409 g/mol. The predicted molar refractivity (Wildman–Crippen MR) is 86.2 cm³/mol. The highest BCUT2D eigenvalue weighted by molar-refractivity contribution is 5.89. The van der Waals surface area contributed by atoms with Gasteiger partial charge >= 0.3 is 18.4 Å². The SMILES string of the molecule is N#CCCN(CC1CCCO1)C(=O)Nc1cc(C(F)(F)F)cc(C(F)(F)F)c1. The fourth-order valence-corrected chi connectivity index (χ4v) is 2.72. The largest absolute Gasteiger partial charge is 0.416 e. The maximum Gasteiger partial charge on any atom is 0.416 e. The zero-order valence-electron chi connectivity index (χ0n) is 14.5. The molecule has 1 aromatic rings. The second-order valence-electron chi connectivity index (χ2n) is 6.21. The normalized spacial score (nSPS) is 17.2. The molecule has 1 fully saturated rings. The molecule has 1 N–H and O–H groups in total. The van der Waals surface area contributed by atoms with Gasteiger partial charge in [-0.3, -0.25) is 0 Å². The number of nitriles is 1. The minimum absolute atomic E-state index is 0.0184. The predicted octanol–water partition coefficient (Wildman–Crippen LogP) is 4.65. The molecule has 11 heteroatoms. The third-order valence-corrected chi connectivity index (χ3v) is 4.07. The summed E-state index contributed by atoms with van der Waals surface area (Å²) in [6.45, 7) is 0.548. The lowest BCUT2D eigenvalue weighted by Crippen LogP contribution is -2.40. The molecule has 5 nitrogen and oxygen atoms in total. The van der Waals surface area contributed by atoms with Gasteiger partial charge in [0.25, 0.3) is 0 Å². The number of alkyl halides is 6. The third kappa shape index (κ3) is 6.02. The fraction of sp³-hybridized carbons (Fsp3) is 0.529. The molecule has 1 atom stereocenters. The van der Waals surface area contributed by atoms with Crippen LogP contribution in [0.15, 0.2) is 18.2 Å². The zero-order chi connectivity index (χ0) is 20.9. The molecule has 28 heavy (non-hydrogen) atoms. The summed E-state index contributed by atoms with van der Waals surface area (Å²) in [6, 6.07) is 1.78. The molecule has 154 valence electrons. The molecule has 2 amide bonds. The summed E-state index contributed by atoms with van der Waals surface area (Å²) in [7, 11) is 0. The van der Waals surface area contributed by atoms with Crippen LogP contribution in [0.5, 0.6) is 0 Å². The summed E-state index contributed by atoms with van der Waals surface area (Å²) in [5.41, 5.74) is -3.69. The van der Waals surface area contributed by atoms with E-state index in [1.165, 1.54) is 0 Å². The van der Waals surface area contributed by atoms with Crippen molar-refractivity contribution in [3.63, 3.8) is 0 Å². The smallest absolute Gasteiger partial charge is 0.376 e. The Balaban J connectivity index is 2.24. The van der Waals surface area contributed by atoms with Crippen LogP contribution in [0, 0.1) is 11.3 Å². The van der Waals surface area contributed by atoms with Crippen LogP contribution in [-0.4, -0.2) is 36.7 Å². The van der Waals surface area contributed by atoms with Crippen molar-refractivity contribution in [3.05, 3.63) is 29.3 Å². The van der Waals surface area contributed by atoms with E-state index in [2.05, 4.69) is 5.32 Å². The fourth-order valence-electron chi connectivity index (χ4n) is 2.72. The number of hydrogen-bond acceptors (Lipinski definition) is 3. The highest BCUT2D eigenvalue weighted by Crippen LogP contribution is 2.37. The van der Waals surface area contributed by atoms with Crippen LogP contribution >= 0.6 is 0 Å². The second-order valence-corrected chi connectivity index (χ2v) is 6.21. The van der Waals surface area contributed by atoms with Crippen LogP contribution < -0.4 is 5.32 Å². The maximum atomic E-state index is 12.9. The summed E-state index contributed by atoms with van der Waals surface area (Å²) in [6.07, 6.45) is -8.93. The van der Waals surface area contributed by atoms with E-state index in [0.717, 1.165) is 11.3 Å². The van der Waals surface area contributed by atoms with E-state index in [1.807, 2.05) is 6.07 Å². The number of ether oxygens (including phenoxy) is 1. The van der Waals surface area contributed by atoms with Gasteiger partial charge in [-0.25, -0.2) is 4.79 Å². The third-order valence-electron chi connectivity index (χ3n) is 4.07. The number of hydrogen-bond donors (Lipinski definition) is 1. The first kappa shape index (κ1) is 21.8. The molecule has 0 bridgehead atoms. The number of urea groups is 1. The van der Waals surface area contributed by atoms with E-state index in [0.29, 0.717) is 25.2 Å². The number of nitrogens with one attached hydrogen (secondary N) is 1. The molecule has 1 unspecified atom stereocenters. The molecular formula is C17H17F6N3O2. The van der Waals surface area contributed by atoms with Crippen molar-refractivity contribution in [3.8, 4) is 6.07 Å². The number of amides is 2.